The van der Waals surface area contributed by atoms with Gasteiger partial charge in [0, 0.05) is 12.6 Å². The highest BCUT2D eigenvalue weighted by Crippen LogP contribution is 2.19. The molecule has 1 amide bonds. The van der Waals surface area contributed by atoms with Gasteiger partial charge in [-0.3, -0.25) is 4.79 Å². The van der Waals surface area contributed by atoms with Gasteiger partial charge in [0.15, 0.2) is 9.84 Å². The van der Waals surface area contributed by atoms with Crippen molar-refractivity contribution in [1.82, 2.24) is 4.90 Å². The van der Waals surface area contributed by atoms with E-state index in [1.165, 1.54) is 0 Å². The normalized spacial score (nSPS) is 32.4. The second-order valence-corrected chi connectivity index (χ2v) is 6.61. The van der Waals surface area contributed by atoms with Crippen LogP contribution in [0.25, 0.3) is 0 Å². The minimum atomic E-state index is -3.04. The molecule has 15 heavy (non-hydrogen) atoms. The van der Waals surface area contributed by atoms with Crippen molar-refractivity contribution in [2.45, 2.75) is 38.1 Å². The van der Waals surface area contributed by atoms with Gasteiger partial charge in [-0.15, -0.1) is 0 Å². The lowest BCUT2D eigenvalue weighted by Crippen LogP contribution is -2.57. The molecule has 0 radical (unpaired) electrons. The van der Waals surface area contributed by atoms with Crippen molar-refractivity contribution in [3.05, 3.63) is 0 Å². The maximum atomic E-state index is 11.7. The van der Waals surface area contributed by atoms with Crippen LogP contribution < -0.4 is 5.73 Å². The molecule has 5 nitrogen and oxygen atoms in total. The third-order valence-electron chi connectivity index (χ3n) is 3.03. The number of hydrogen-bond acceptors (Lipinski definition) is 4. The zero-order valence-corrected chi connectivity index (χ0v) is 10.1. The van der Waals surface area contributed by atoms with Crippen molar-refractivity contribution in [1.29, 1.82) is 0 Å². The summed E-state index contributed by atoms with van der Waals surface area (Å²) in [5.74, 6) is -0.138. The molecule has 2 N–H and O–H groups in total. The third-order valence-corrected chi connectivity index (χ3v) is 5.31. The summed E-state index contributed by atoms with van der Waals surface area (Å²) in [6.45, 7) is 5.26. The zero-order valence-electron chi connectivity index (χ0n) is 9.30. The van der Waals surface area contributed by atoms with Crippen LogP contribution in [0.1, 0.15) is 20.8 Å². The van der Waals surface area contributed by atoms with E-state index in [4.69, 9.17) is 5.73 Å². The van der Waals surface area contributed by atoms with Crippen molar-refractivity contribution < 1.29 is 13.2 Å². The number of carbonyl (C=O) groups is 1. The predicted molar refractivity (Wildman–Crippen MR) is 58.1 cm³/mol. The molecule has 6 heteroatoms. The highest BCUT2D eigenvalue weighted by Gasteiger charge is 2.38. The lowest BCUT2D eigenvalue weighted by Gasteiger charge is -2.38. The molecule has 1 saturated heterocycles. The minimum Gasteiger partial charge on any atom is -0.336 e. The van der Waals surface area contributed by atoms with Gasteiger partial charge in [0.25, 0.3) is 0 Å². The van der Waals surface area contributed by atoms with Crippen LogP contribution in [0.3, 0.4) is 0 Å². The molecule has 1 aliphatic rings. The van der Waals surface area contributed by atoms with Gasteiger partial charge >= 0.3 is 0 Å². The molecule has 0 aliphatic carbocycles. The average molecular weight is 234 g/mol. The molecule has 3 unspecified atom stereocenters. The van der Waals surface area contributed by atoms with Crippen LogP contribution >= 0.6 is 0 Å². The smallest absolute Gasteiger partial charge is 0.239 e. The fourth-order valence-electron chi connectivity index (χ4n) is 1.74. The number of nitrogens with zero attached hydrogens (tertiary/aromatic N) is 1. The first-order valence-corrected chi connectivity index (χ1v) is 6.76. The van der Waals surface area contributed by atoms with Gasteiger partial charge in [-0.1, -0.05) is 0 Å². The topological polar surface area (TPSA) is 80.5 Å². The Hall–Kier alpha value is -0.620. The van der Waals surface area contributed by atoms with E-state index in [1.807, 2.05) is 0 Å². The molecule has 0 aromatic carbocycles. The summed E-state index contributed by atoms with van der Waals surface area (Å²) in [6.07, 6.45) is 0. The van der Waals surface area contributed by atoms with E-state index in [9.17, 15) is 13.2 Å². The van der Waals surface area contributed by atoms with Gasteiger partial charge in [0.1, 0.15) is 0 Å². The Morgan fingerprint density at radius 2 is 2.00 bits per heavy atom. The lowest BCUT2D eigenvalue weighted by atomic mass is 10.2. The zero-order chi connectivity index (χ0) is 11.8. The van der Waals surface area contributed by atoms with Crippen molar-refractivity contribution in [2.24, 2.45) is 5.73 Å². The van der Waals surface area contributed by atoms with Crippen LogP contribution in [0.4, 0.5) is 0 Å². The van der Waals surface area contributed by atoms with Gasteiger partial charge in [-0.05, 0) is 20.8 Å². The van der Waals surface area contributed by atoms with E-state index >= 15 is 0 Å². The first kappa shape index (κ1) is 12.4. The van der Waals surface area contributed by atoms with Crippen molar-refractivity contribution in [3.8, 4) is 0 Å². The molecule has 0 aromatic rings. The van der Waals surface area contributed by atoms with Gasteiger partial charge in [0.2, 0.25) is 5.91 Å². The standard InChI is InChI=1S/C9H18N2O3S/c1-6(10)9(12)11-4-5-15(13,14)8(3)7(11)2/h6-8H,4-5,10H2,1-3H3. The van der Waals surface area contributed by atoms with Gasteiger partial charge in [0.05, 0.1) is 17.0 Å². The van der Waals surface area contributed by atoms with Crippen molar-refractivity contribution >= 4 is 15.7 Å². The van der Waals surface area contributed by atoms with Crippen LogP contribution in [0, 0.1) is 0 Å². The molecule has 1 fully saturated rings. The molecule has 0 spiro atoms. The highest BCUT2D eigenvalue weighted by atomic mass is 32.2. The molecule has 1 heterocycles. The van der Waals surface area contributed by atoms with Crippen LogP contribution in [-0.4, -0.2) is 48.9 Å². The predicted octanol–water partition coefficient (Wildman–Crippen LogP) is -0.632. The van der Waals surface area contributed by atoms with Gasteiger partial charge in [-0.25, -0.2) is 8.42 Å². The summed E-state index contributed by atoms with van der Waals surface area (Å²) < 4.78 is 23.1. The summed E-state index contributed by atoms with van der Waals surface area (Å²) in [5.41, 5.74) is 5.50. The second kappa shape index (κ2) is 4.09. The van der Waals surface area contributed by atoms with Crippen LogP contribution in [0.5, 0.6) is 0 Å². The molecule has 1 rings (SSSR count). The van der Waals surface area contributed by atoms with E-state index in [-0.39, 0.29) is 24.2 Å². The molecule has 3 atom stereocenters. The Kier molecular flexibility index (Phi) is 3.40. The molecule has 1 aliphatic heterocycles. The van der Waals surface area contributed by atoms with E-state index < -0.39 is 21.1 Å². The summed E-state index contributed by atoms with van der Waals surface area (Å²) in [4.78, 5) is 13.2. The Labute approximate surface area is 90.5 Å². The maximum absolute atomic E-state index is 11.7. The first-order chi connectivity index (χ1) is 6.77. The lowest BCUT2D eigenvalue weighted by molar-refractivity contribution is -0.134. The van der Waals surface area contributed by atoms with E-state index in [2.05, 4.69) is 0 Å². The quantitative estimate of drug-likeness (QED) is 0.655. The number of sulfone groups is 1. The van der Waals surface area contributed by atoms with Crippen molar-refractivity contribution in [3.63, 3.8) is 0 Å². The van der Waals surface area contributed by atoms with Gasteiger partial charge < -0.3 is 10.6 Å². The van der Waals surface area contributed by atoms with Gasteiger partial charge in [-0.2, -0.15) is 0 Å². The van der Waals surface area contributed by atoms with E-state index in [0.29, 0.717) is 0 Å². The summed E-state index contributed by atoms with van der Waals surface area (Å²) in [5, 5.41) is -0.506. The van der Waals surface area contributed by atoms with Crippen molar-refractivity contribution in [2.75, 3.05) is 12.3 Å². The van der Waals surface area contributed by atoms with Crippen LogP contribution in [0.15, 0.2) is 0 Å². The fourth-order valence-corrected chi connectivity index (χ4v) is 3.31. The summed E-state index contributed by atoms with van der Waals surface area (Å²) in [7, 11) is -3.04. The number of nitrogens with two attached hydrogens (primary N) is 1. The number of amides is 1. The third kappa shape index (κ3) is 2.31. The number of carbonyl (C=O) groups excluding carboxylic acids is 1. The average Bonchev–Trinajstić information content (AvgIpc) is 2.14. The Balaban J connectivity index is 2.86. The van der Waals surface area contributed by atoms with Crippen LogP contribution in [-0.2, 0) is 14.6 Å². The molecular formula is C9H18N2O3S. The Morgan fingerprint density at radius 3 is 2.47 bits per heavy atom. The molecule has 0 saturated carbocycles. The number of rotatable bonds is 1. The van der Waals surface area contributed by atoms with E-state index in [0.717, 1.165) is 0 Å². The Bertz CT molecular complexity index is 350. The summed E-state index contributed by atoms with van der Waals surface area (Å²) >= 11 is 0. The van der Waals surface area contributed by atoms with E-state index in [1.54, 1.807) is 25.7 Å². The minimum absolute atomic E-state index is 0.0387. The number of hydrogen-bond donors (Lipinski definition) is 1. The fraction of sp³-hybridized carbons (Fsp3) is 0.889. The molecule has 88 valence electrons. The largest absolute Gasteiger partial charge is 0.336 e. The second-order valence-electron chi connectivity index (χ2n) is 4.13. The maximum Gasteiger partial charge on any atom is 0.239 e. The SMILES string of the molecule is CC(N)C(=O)N1CCS(=O)(=O)C(C)C1C. The molecular weight excluding hydrogens is 216 g/mol. The Morgan fingerprint density at radius 1 is 1.47 bits per heavy atom. The summed E-state index contributed by atoms with van der Waals surface area (Å²) in [6, 6.07) is -0.859. The van der Waals surface area contributed by atoms with Crippen LogP contribution in [0.2, 0.25) is 0 Å². The molecule has 0 bridgehead atoms. The molecule has 0 aromatic heterocycles. The monoisotopic (exact) mass is 234 g/mol. The highest BCUT2D eigenvalue weighted by molar-refractivity contribution is 7.92. The first-order valence-electron chi connectivity index (χ1n) is 5.05.